The smallest absolute Gasteiger partial charge is 0.241 e. The standard InChI is InChI=1S/C23H25N3O/c27-23(18-25-16-8-14-22(25)21-13-7-15-24-21)26(20-11-5-2-6-12-20)17-19-9-3-1-4-10-19/h1-7,9-13,15,22,24H,8,14,16-18H2. The van der Waals surface area contributed by atoms with E-state index >= 15 is 0 Å². The molecule has 1 atom stereocenters. The first kappa shape index (κ1) is 17.6. The number of anilines is 1. The zero-order valence-corrected chi connectivity index (χ0v) is 15.4. The molecule has 1 amide bonds. The van der Waals surface area contributed by atoms with Crippen molar-refractivity contribution in [3.63, 3.8) is 0 Å². The highest BCUT2D eigenvalue weighted by Gasteiger charge is 2.30. The molecule has 0 bridgehead atoms. The van der Waals surface area contributed by atoms with Crippen LogP contribution in [0.25, 0.3) is 0 Å². The van der Waals surface area contributed by atoms with Crippen LogP contribution in [0.15, 0.2) is 79.0 Å². The van der Waals surface area contributed by atoms with Gasteiger partial charge >= 0.3 is 0 Å². The van der Waals surface area contributed by atoms with Gasteiger partial charge < -0.3 is 9.88 Å². The maximum absolute atomic E-state index is 13.3. The second-order valence-corrected chi connectivity index (χ2v) is 7.05. The predicted molar refractivity (Wildman–Crippen MR) is 108 cm³/mol. The Morgan fingerprint density at radius 1 is 1.00 bits per heavy atom. The third-order valence-corrected chi connectivity index (χ3v) is 5.24. The summed E-state index contributed by atoms with van der Waals surface area (Å²) >= 11 is 0. The molecule has 1 aromatic heterocycles. The second-order valence-electron chi connectivity index (χ2n) is 7.05. The number of hydrogen-bond acceptors (Lipinski definition) is 2. The monoisotopic (exact) mass is 359 g/mol. The van der Waals surface area contributed by atoms with E-state index in [4.69, 9.17) is 0 Å². The van der Waals surface area contributed by atoms with Gasteiger partial charge in [0.2, 0.25) is 5.91 Å². The van der Waals surface area contributed by atoms with E-state index in [2.05, 4.69) is 28.1 Å². The van der Waals surface area contributed by atoms with Crippen molar-refractivity contribution in [3.05, 3.63) is 90.3 Å². The predicted octanol–water partition coefficient (Wildman–Crippen LogP) is 4.39. The van der Waals surface area contributed by atoms with E-state index in [9.17, 15) is 4.79 Å². The molecule has 4 heteroatoms. The summed E-state index contributed by atoms with van der Waals surface area (Å²) in [5, 5.41) is 0. The van der Waals surface area contributed by atoms with Crippen LogP contribution in [-0.2, 0) is 11.3 Å². The molecule has 27 heavy (non-hydrogen) atoms. The van der Waals surface area contributed by atoms with E-state index in [1.165, 1.54) is 5.69 Å². The van der Waals surface area contributed by atoms with Crippen molar-refractivity contribution in [1.29, 1.82) is 0 Å². The Morgan fingerprint density at radius 2 is 1.74 bits per heavy atom. The summed E-state index contributed by atoms with van der Waals surface area (Å²) in [6.45, 7) is 1.99. The lowest BCUT2D eigenvalue weighted by atomic mass is 10.1. The van der Waals surface area contributed by atoms with Crippen molar-refractivity contribution in [2.75, 3.05) is 18.0 Å². The Hall–Kier alpha value is -2.85. The molecule has 1 aliphatic rings. The Morgan fingerprint density at radius 3 is 2.44 bits per heavy atom. The first-order valence-electron chi connectivity index (χ1n) is 9.58. The summed E-state index contributed by atoms with van der Waals surface area (Å²) in [6, 6.07) is 24.6. The summed E-state index contributed by atoms with van der Waals surface area (Å²) in [6.07, 6.45) is 4.18. The molecular formula is C23H25N3O. The minimum Gasteiger partial charge on any atom is -0.364 e. The van der Waals surface area contributed by atoms with Gasteiger partial charge in [-0.25, -0.2) is 0 Å². The average Bonchev–Trinajstić information content (AvgIpc) is 3.39. The molecule has 1 N–H and O–H groups in total. The van der Waals surface area contributed by atoms with Gasteiger partial charge in [-0.3, -0.25) is 9.69 Å². The van der Waals surface area contributed by atoms with Crippen LogP contribution in [0.3, 0.4) is 0 Å². The Kier molecular flexibility index (Phi) is 5.35. The second kappa shape index (κ2) is 8.23. The van der Waals surface area contributed by atoms with Crippen LogP contribution < -0.4 is 4.90 Å². The number of para-hydroxylation sites is 1. The van der Waals surface area contributed by atoms with Crippen molar-refractivity contribution >= 4 is 11.6 Å². The Balaban J connectivity index is 1.53. The third-order valence-electron chi connectivity index (χ3n) is 5.24. The van der Waals surface area contributed by atoms with Crippen LogP contribution in [0.1, 0.15) is 30.1 Å². The molecule has 0 spiro atoms. The molecule has 1 unspecified atom stereocenters. The SMILES string of the molecule is O=C(CN1CCCC1c1ccc[nH]1)N(Cc1ccccc1)c1ccccc1. The maximum atomic E-state index is 13.3. The third kappa shape index (κ3) is 4.12. The number of benzene rings is 2. The molecule has 4 nitrogen and oxygen atoms in total. The van der Waals surface area contributed by atoms with Gasteiger partial charge in [-0.2, -0.15) is 0 Å². The Labute approximate surface area is 160 Å². The zero-order valence-electron chi connectivity index (χ0n) is 15.4. The molecule has 2 heterocycles. The van der Waals surface area contributed by atoms with Crippen molar-refractivity contribution < 1.29 is 4.79 Å². The van der Waals surface area contributed by atoms with Gasteiger partial charge in [-0.05, 0) is 49.2 Å². The highest BCUT2D eigenvalue weighted by atomic mass is 16.2. The molecule has 3 aromatic rings. The normalized spacial score (nSPS) is 17.1. The highest BCUT2D eigenvalue weighted by molar-refractivity contribution is 5.94. The van der Waals surface area contributed by atoms with E-state index in [0.29, 0.717) is 19.1 Å². The maximum Gasteiger partial charge on any atom is 0.241 e. The van der Waals surface area contributed by atoms with E-state index in [1.807, 2.05) is 65.7 Å². The molecule has 0 saturated carbocycles. The number of rotatable bonds is 6. The van der Waals surface area contributed by atoms with Crippen molar-refractivity contribution in [2.45, 2.75) is 25.4 Å². The molecule has 0 radical (unpaired) electrons. The number of nitrogens with zero attached hydrogens (tertiary/aromatic N) is 2. The fourth-order valence-corrected chi connectivity index (χ4v) is 3.88. The lowest BCUT2D eigenvalue weighted by molar-refractivity contribution is -0.120. The summed E-state index contributed by atoms with van der Waals surface area (Å²) in [4.78, 5) is 20.8. The number of H-pyrrole nitrogens is 1. The van der Waals surface area contributed by atoms with Crippen LogP contribution in [0.2, 0.25) is 0 Å². The summed E-state index contributed by atoms with van der Waals surface area (Å²) < 4.78 is 0. The number of aromatic amines is 1. The first-order chi connectivity index (χ1) is 13.3. The van der Waals surface area contributed by atoms with Gasteiger partial charge in [0.25, 0.3) is 0 Å². The fourth-order valence-electron chi connectivity index (χ4n) is 3.88. The van der Waals surface area contributed by atoms with Crippen LogP contribution in [0.5, 0.6) is 0 Å². The van der Waals surface area contributed by atoms with Gasteiger partial charge in [0.1, 0.15) is 0 Å². The van der Waals surface area contributed by atoms with Crippen LogP contribution >= 0.6 is 0 Å². The molecule has 4 rings (SSSR count). The number of carbonyl (C=O) groups is 1. The minimum absolute atomic E-state index is 0.142. The van der Waals surface area contributed by atoms with Gasteiger partial charge in [-0.1, -0.05) is 48.5 Å². The van der Waals surface area contributed by atoms with Crippen LogP contribution in [-0.4, -0.2) is 28.9 Å². The lowest BCUT2D eigenvalue weighted by Gasteiger charge is -2.28. The molecule has 1 aliphatic heterocycles. The number of aromatic nitrogens is 1. The van der Waals surface area contributed by atoms with Crippen molar-refractivity contribution in [1.82, 2.24) is 9.88 Å². The fraction of sp³-hybridized carbons (Fsp3) is 0.261. The highest BCUT2D eigenvalue weighted by Crippen LogP contribution is 2.31. The van der Waals surface area contributed by atoms with Gasteiger partial charge in [-0.15, -0.1) is 0 Å². The van der Waals surface area contributed by atoms with Gasteiger partial charge in [0, 0.05) is 17.6 Å². The van der Waals surface area contributed by atoms with Crippen molar-refractivity contribution in [3.8, 4) is 0 Å². The quantitative estimate of drug-likeness (QED) is 0.709. The minimum atomic E-state index is 0.142. The van der Waals surface area contributed by atoms with E-state index in [1.54, 1.807) is 0 Å². The topological polar surface area (TPSA) is 39.3 Å². The first-order valence-corrected chi connectivity index (χ1v) is 9.58. The summed E-state index contributed by atoms with van der Waals surface area (Å²) in [5.41, 5.74) is 3.29. The number of hydrogen-bond donors (Lipinski definition) is 1. The number of nitrogens with one attached hydrogen (secondary N) is 1. The van der Waals surface area contributed by atoms with Crippen LogP contribution in [0.4, 0.5) is 5.69 Å². The Bertz CT molecular complexity index is 846. The summed E-state index contributed by atoms with van der Waals surface area (Å²) in [5.74, 6) is 0.142. The summed E-state index contributed by atoms with van der Waals surface area (Å²) in [7, 11) is 0. The molecule has 2 aromatic carbocycles. The van der Waals surface area contributed by atoms with Gasteiger partial charge in [0.15, 0.2) is 0 Å². The number of amides is 1. The number of likely N-dealkylation sites (tertiary alicyclic amines) is 1. The molecule has 1 fully saturated rings. The van der Waals surface area contributed by atoms with E-state index in [0.717, 1.165) is 30.6 Å². The van der Waals surface area contributed by atoms with Crippen LogP contribution in [0, 0.1) is 0 Å². The van der Waals surface area contributed by atoms with Gasteiger partial charge in [0.05, 0.1) is 19.1 Å². The largest absolute Gasteiger partial charge is 0.364 e. The van der Waals surface area contributed by atoms with Crippen molar-refractivity contribution in [2.24, 2.45) is 0 Å². The van der Waals surface area contributed by atoms with E-state index < -0.39 is 0 Å². The van der Waals surface area contributed by atoms with E-state index in [-0.39, 0.29) is 5.91 Å². The molecule has 0 aliphatic carbocycles. The lowest BCUT2D eigenvalue weighted by Crippen LogP contribution is -2.40. The molecule has 138 valence electrons. The number of carbonyl (C=O) groups excluding carboxylic acids is 1. The zero-order chi connectivity index (χ0) is 18.5. The molecule has 1 saturated heterocycles. The average molecular weight is 359 g/mol. The molecular weight excluding hydrogens is 334 g/mol.